The summed E-state index contributed by atoms with van der Waals surface area (Å²) in [5.41, 5.74) is 1.49. The minimum Gasteiger partial charge on any atom is -0.298 e. The van der Waals surface area contributed by atoms with Crippen LogP contribution in [0.5, 0.6) is 0 Å². The van der Waals surface area contributed by atoms with Gasteiger partial charge < -0.3 is 0 Å². The number of allylic oxidation sites excluding steroid dienone is 6. The first-order valence-corrected chi connectivity index (χ1v) is 5.99. The minimum atomic E-state index is -0.0887. The van der Waals surface area contributed by atoms with Crippen molar-refractivity contribution < 1.29 is 9.59 Å². The van der Waals surface area contributed by atoms with Crippen molar-refractivity contribution in [2.75, 3.05) is 0 Å². The predicted octanol–water partition coefficient (Wildman–Crippen LogP) is 3.39. The minimum absolute atomic E-state index is 0.0626. The van der Waals surface area contributed by atoms with E-state index in [0.29, 0.717) is 6.42 Å². The fourth-order valence-corrected chi connectivity index (χ4v) is 1.66. The highest BCUT2D eigenvalue weighted by Crippen LogP contribution is 2.25. The van der Waals surface area contributed by atoms with Gasteiger partial charge in [0.25, 0.3) is 0 Å². The summed E-state index contributed by atoms with van der Waals surface area (Å²) >= 11 is 0. The highest BCUT2D eigenvalue weighted by molar-refractivity contribution is 6.03. The molecule has 0 aliphatic heterocycles. The van der Waals surface area contributed by atoms with E-state index in [-0.39, 0.29) is 11.2 Å². The Balaban J connectivity index is 3.00. The van der Waals surface area contributed by atoms with E-state index in [1.165, 1.54) is 0 Å². The molecule has 0 radical (unpaired) electrons. The third-order valence-electron chi connectivity index (χ3n) is 3.00. The molecule has 2 nitrogen and oxygen atoms in total. The van der Waals surface area contributed by atoms with Crippen LogP contribution in [0.4, 0.5) is 0 Å². The first-order valence-electron chi connectivity index (χ1n) is 5.99. The summed E-state index contributed by atoms with van der Waals surface area (Å²) in [7, 11) is 0. The Hall–Kier alpha value is -1.44. The summed E-state index contributed by atoms with van der Waals surface area (Å²) in [5.74, 6) is 0.0626. The van der Waals surface area contributed by atoms with Gasteiger partial charge in [-0.05, 0) is 48.8 Å². The molecule has 0 N–H and O–H groups in total. The van der Waals surface area contributed by atoms with Gasteiger partial charge in [0.15, 0.2) is 5.78 Å². The quantitative estimate of drug-likeness (QED) is 0.649. The Morgan fingerprint density at radius 1 is 1.29 bits per heavy atom. The average molecular weight is 232 g/mol. The van der Waals surface area contributed by atoms with Gasteiger partial charge in [0.2, 0.25) is 0 Å². The summed E-state index contributed by atoms with van der Waals surface area (Å²) in [6, 6.07) is 0. The second-order valence-electron chi connectivity index (χ2n) is 5.21. The first-order chi connectivity index (χ1) is 7.94. The molecule has 0 saturated heterocycles. The molecule has 0 aromatic heterocycles. The number of aldehydes is 1. The zero-order valence-corrected chi connectivity index (χ0v) is 10.8. The number of ketones is 1. The fraction of sp³-hybridized carbons (Fsp3) is 0.467. The van der Waals surface area contributed by atoms with Gasteiger partial charge in [-0.1, -0.05) is 32.1 Å². The molecule has 0 fully saturated rings. The van der Waals surface area contributed by atoms with Crippen LogP contribution < -0.4 is 0 Å². The molecule has 0 amide bonds. The van der Waals surface area contributed by atoms with Gasteiger partial charge >= 0.3 is 0 Å². The second-order valence-corrected chi connectivity index (χ2v) is 5.21. The van der Waals surface area contributed by atoms with E-state index >= 15 is 0 Å². The number of carbonyl (C=O) groups excluding carboxylic acids is 2. The van der Waals surface area contributed by atoms with Gasteiger partial charge in [-0.15, -0.1) is 0 Å². The molecule has 0 spiro atoms. The number of rotatable bonds is 1. The summed E-state index contributed by atoms with van der Waals surface area (Å²) < 4.78 is 0. The Labute approximate surface area is 103 Å². The molecular formula is C15H20O2. The maximum atomic E-state index is 11.7. The van der Waals surface area contributed by atoms with E-state index in [4.69, 9.17) is 0 Å². The van der Waals surface area contributed by atoms with Crippen molar-refractivity contribution in [1.29, 1.82) is 0 Å². The molecular weight excluding hydrogens is 212 g/mol. The smallest absolute Gasteiger partial charge is 0.180 e. The molecule has 17 heavy (non-hydrogen) atoms. The molecule has 0 bridgehead atoms. The SMILES string of the molecule is C/C1=C\CC/C(C=O)=C/CC(C)(C)/C=C/C1=O. The number of hydrogen-bond donors (Lipinski definition) is 0. The summed E-state index contributed by atoms with van der Waals surface area (Å²) in [6.45, 7) is 5.95. The van der Waals surface area contributed by atoms with Crippen molar-refractivity contribution in [2.45, 2.75) is 40.0 Å². The standard InChI is InChI=1S/C15H20O2/c1-12-5-4-6-13(11-16)7-9-15(2,3)10-8-14(12)17/h5,7-8,10-11H,4,6,9H2,1-3H3/b10-8+,12-5+,13-7-. The van der Waals surface area contributed by atoms with E-state index in [0.717, 1.165) is 30.3 Å². The fourth-order valence-electron chi connectivity index (χ4n) is 1.66. The van der Waals surface area contributed by atoms with Crippen LogP contribution in [-0.4, -0.2) is 12.1 Å². The van der Waals surface area contributed by atoms with Crippen LogP contribution in [-0.2, 0) is 9.59 Å². The van der Waals surface area contributed by atoms with E-state index in [2.05, 4.69) is 13.8 Å². The third kappa shape index (κ3) is 4.51. The van der Waals surface area contributed by atoms with Crippen LogP contribution in [0.15, 0.2) is 35.5 Å². The predicted molar refractivity (Wildman–Crippen MR) is 69.7 cm³/mol. The summed E-state index contributed by atoms with van der Waals surface area (Å²) in [5, 5.41) is 0. The lowest BCUT2D eigenvalue weighted by Crippen LogP contribution is -2.07. The van der Waals surface area contributed by atoms with Crippen LogP contribution in [0.3, 0.4) is 0 Å². The van der Waals surface area contributed by atoms with Crippen LogP contribution in [0.1, 0.15) is 40.0 Å². The van der Waals surface area contributed by atoms with Crippen molar-refractivity contribution in [3.63, 3.8) is 0 Å². The van der Waals surface area contributed by atoms with E-state index in [1.807, 2.05) is 25.2 Å². The molecule has 0 unspecified atom stereocenters. The molecule has 92 valence electrons. The largest absolute Gasteiger partial charge is 0.298 e. The Morgan fingerprint density at radius 3 is 2.65 bits per heavy atom. The van der Waals surface area contributed by atoms with E-state index in [9.17, 15) is 9.59 Å². The zero-order chi connectivity index (χ0) is 12.9. The lowest BCUT2D eigenvalue weighted by atomic mass is 9.87. The Kier molecular flexibility index (Phi) is 4.62. The molecule has 1 rings (SSSR count). The van der Waals surface area contributed by atoms with Crippen molar-refractivity contribution in [3.05, 3.63) is 35.5 Å². The summed E-state index contributed by atoms with van der Waals surface area (Å²) in [4.78, 5) is 22.6. The van der Waals surface area contributed by atoms with Gasteiger partial charge in [0.05, 0.1) is 0 Å². The molecule has 0 aromatic carbocycles. The molecule has 1 aliphatic carbocycles. The monoisotopic (exact) mass is 232 g/mol. The average Bonchev–Trinajstić information content (AvgIpc) is 2.31. The van der Waals surface area contributed by atoms with Gasteiger partial charge in [-0.25, -0.2) is 0 Å². The zero-order valence-electron chi connectivity index (χ0n) is 10.8. The Bertz CT molecular complexity index is 395. The van der Waals surface area contributed by atoms with Crippen molar-refractivity contribution in [3.8, 4) is 0 Å². The topological polar surface area (TPSA) is 34.1 Å². The Morgan fingerprint density at radius 2 is 2.00 bits per heavy atom. The van der Waals surface area contributed by atoms with Crippen molar-refractivity contribution in [2.24, 2.45) is 5.41 Å². The number of carbonyl (C=O) groups is 2. The molecule has 1 aliphatic rings. The van der Waals surface area contributed by atoms with Crippen LogP contribution >= 0.6 is 0 Å². The van der Waals surface area contributed by atoms with Crippen molar-refractivity contribution in [1.82, 2.24) is 0 Å². The molecule has 0 saturated carbocycles. The lowest BCUT2D eigenvalue weighted by Gasteiger charge is -2.17. The highest BCUT2D eigenvalue weighted by Gasteiger charge is 2.14. The second kappa shape index (κ2) is 5.76. The first kappa shape index (κ1) is 13.6. The molecule has 0 atom stereocenters. The molecule has 0 heterocycles. The van der Waals surface area contributed by atoms with Gasteiger partial charge in [-0.3, -0.25) is 9.59 Å². The van der Waals surface area contributed by atoms with Crippen LogP contribution in [0.2, 0.25) is 0 Å². The highest BCUT2D eigenvalue weighted by atomic mass is 16.1. The molecule has 2 heteroatoms. The number of hydrogen-bond acceptors (Lipinski definition) is 2. The van der Waals surface area contributed by atoms with Gasteiger partial charge in [0.1, 0.15) is 6.29 Å². The summed E-state index contributed by atoms with van der Waals surface area (Å²) in [6.07, 6.45) is 10.6. The van der Waals surface area contributed by atoms with Crippen molar-refractivity contribution >= 4 is 12.1 Å². The van der Waals surface area contributed by atoms with E-state index in [1.54, 1.807) is 6.08 Å². The van der Waals surface area contributed by atoms with Crippen LogP contribution in [0, 0.1) is 5.41 Å². The van der Waals surface area contributed by atoms with Crippen LogP contribution in [0.25, 0.3) is 0 Å². The maximum Gasteiger partial charge on any atom is 0.180 e. The van der Waals surface area contributed by atoms with Gasteiger partial charge in [-0.2, -0.15) is 0 Å². The van der Waals surface area contributed by atoms with E-state index < -0.39 is 0 Å². The van der Waals surface area contributed by atoms with Gasteiger partial charge in [0, 0.05) is 0 Å². The lowest BCUT2D eigenvalue weighted by molar-refractivity contribution is -0.111. The maximum absolute atomic E-state index is 11.7. The third-order valence-corrected chi connectivity index (χ3v) is 3.00. The molecule has 0 aromatic rings. The normalized spacial score (nSPS) is 29.2.